The van der Waals surface area contributed by atoms with Crippen LogP contribution >= 0.6 is 0 Å². The van der Waals surface area contributed by atoms with Crippen molar-refractivity contribution in [2.24, 2.45) is 11.3 Å². The molecule has 0 bridgehead atoms. The molecule has 3 atom stereocenters. The van der Waals surface area contributed by atoms with Crippen molar-refractivity contribution in [3.05, 3.63) is 47.4 Å². The van der Waals surface area contributed by atoms with E-state index in [0.717, 1.165) is 5.69 Å². The number of hydrogen-bond donors (Lipinski definition) is 3. The number of aromatic nitrogens is 1. The molecule has 41 heavy (non-hydrogen) atoms. The van der Waals surface area contributed by atoms with Gasteiger partial charge in [0.1, 0.15) is 17.6 Å². The SMILES string of the molecule is CCc1ccc2ccc(/C=C/C(C)(C)C(=O)N[C@H](C(=O)N[C@@H](C)C(=O)N3CCC[C@@H](C(=O)[O-])N3)C(C)C)c(F)c2n1. The number of amides is 3. The summed E-state index contributed by atoms with van der Waals surface area (Å²) in [4.78, 5) is 54.8. The van der Waals surface area contributed by atoms with Crippen molar-refractivity contribution in [1.82, 2.24) is 26.1 Å². The molecule has 3 N–H and O–H groups in total. The van der Waals surface area contributed by atoms with Gasteiger partial charge in [-0.1, -0.05) is 51.1 Å². The summed E-state index contributed by atoms with van der Waals surface area (Å²) in [5.41, 5.74) is 2.85. The minimum atomic E-state index is -1.30. The Kier molecular flexibility index (Phi) is 10.2. The maximum Gasteiger partial charge on any atom is 0.258 e. The molecular formula is C30H39FN5O5-. The summed E-state index contributed by atoms with van der Waals surface area (Å²) in [5, 5.41) is 18.4. The van der Waals surface area contributed by atoms with Gasteiger partial charge in [-0.2, -0.15) is 0 Å². The topological polar surface area (TPSA) is 144 Å². The molecule has 10 nitrogen and oxygen atoms in total. The first-order chi connectivity index (χ1) is 19.2. The molecule has 1 aromatic heterocycles. The number of rotatable bonds is 10. The summed E-state index contributed by atoms with van der Waals surface area (Å²) >= 11 is 0. The highest BCUT2D eigenvalue weighted by atomic mass is 19.1. The molecule has 222 valence electrons. The van der Waals surface area contributed by atoms with Crippen molar-refractivity contribution in [1.29, 1.82) is 0 Å². The van der Waals surface area contributed by atoms with Crippen LogP contribution in [0.25, 0.3) is 17.0 Å². The van der Waals surface area contributed by atoms with Crippen LogP contribution in [-0.4, -0.2) is 58.4 Å². The first-order valence-corrected chi connectivity index (χ1v) is 13.9. The molecule has 2 heterocycles. The molecule has 1 aliphatic heterocycles. The zero-order valence-electron chi connectivity index (χ0n) is 24.4. The van der Waals surface area contributed by atoms with Crippen LogP contribution in [0.3, 0.4) is 0 Å². The van der Waals surface area contributed by atoms with E-state index in [1.807, 2.05) is 19.1 Å². The van der Waals surface area contributed by atoms with Gasteiger partial charge in [0.05, 0.1) is 17.4 Å². The third-order valence-corrected chi connectivity index (χ3v) is 7.22. The fourth-order valence-electron chi connectivity index (χ4n) is 4.49. The molecule has 0 spiro atoms. The molecule has 1 aromatic carbocycles. The average Bonchev–Trinajstić information content (AvgIpc) is 2.94. The molecule has 1 fully saturated rings. The maximum absolute atomic E-state index is 15.2. The number of carboxylic acid groups (broad SMARTS) is 1. The lowest BCUT2D eigenvalue weighted by molar-refractivity contribution is -0.310. The Hall–Kier alpha value is -3.86. The third kappa shape index (κ3) is 7.66. The summed E-state index contributed by atoms with van der Waals surface area (Å²) in [6.45, 7) is 10.6. The number of hydrogen-bond acceptors (Lipinski definition) is 7. The summed E-state index contributed by atoms with van der Waals surface area (Å²) in [7, 11) is 0. The number of aliphatic carboxylic acids is 1. The molecule has 0 radical (unpaired) electrons. The van der Waals surface area contributed by atoms with Crippen LogP contribution < -0.4 is 21.2 Å². The molecule has 0 unspecified atom stereocenters. The standard InChI is InChI=1S/C30H40FN5O5/c1-7-21-13-12-20-11-10-19(23(31)25(20)33-21)14-15-30(5,6)29(41)34-24(17(2)3)26(37)32-18(4)27(38)36-16-8-9-22(35-36)28(39)40/h10-15,17-18,22,24,35H,7-9,16H2,1-6H3,(H,32,37)(H,34,41)(H,39,40)/p-1/b15-14+/t18-,22-,24-/m0/s1. The van der Waals surface area contributed by atoms with Gasteiger partial charge in [-0.3, -0.25) is 19.4 Å². The molecule has 0 aliphatic carbocycles. The highest BCUT2D eigenvalue weighted by Gasteiger charge is 2.34. The van der Waals surface area contributed by atoms with E-state index < -0.39 is 53.0 Å². The van der Waals surface area contributed by atoms with E-state index in [4.69, 9.17) is 0 Å². The van der Waals surface area contributed by atoms with E-state index in [1.54, 1.807) is 45.9 Å². The quantitative estimate of drug-likeness (QED) is 0.397. The van der Waals surface area contributed by atoms with E-state index >= 15 is 4.39 Å². The first kappa shape index (κ1) is 31.7. The summed E-state index contributed by atoms with van der Waals surface area (Å²) in [6, 6.07) is 4.18. The largest absolute Gasteiger partial charge is 0.548 e. The number of nitrogens with one attached hydrogen (secondary N) is 3. The summed E-state index contributed by atoms with van der Waals surface area (Å²) < 4.78 is 15.2. The number of aryl methyl sites for hydroxylation is 1. The molecule has 1 saturated heterocycles. The van der Waals surface area contributed by atoms with Crippen molar-refractivity contribution < 1.29 is 28.7 Å². The average molecular weight is 569 g/mol. The van der Waals surface area contributed by atoms with E-state index in [0.29, 0.717) is 31.2 Å². The fraction of sp³-hybridized carbons (Fsp3) is 0.500. The maximum atomic E-state index is 15.2. The number of halogens is 1. The number of pyridine rings is 1. The molecule has 0 saturated carbocycles. The van der Waals surface area contributed by atoms with Crippen molar-refractivity contribution in [3.8, 4) is 0 Å². The van der Waals surface area contributed by atoms with E-state index in [-0.39, 0.29) is 17.0 Å². The lowest BCUT2D eigenvalue weighted by atomic mass is 9.89. The molecular weight excluding hydrogens is 529 g/mol. The van der Waals surface area contributed by atoms with Crippen LogP contribution in [0.4, 0.5) is 4.39 Å². The van der Waals surface area contributed by atoms with Gasteiger partial charge in [0, 0.05) is 23.2 Å². The Morgan fingerprint density at radius 3 is 2.49 bits per heavy atom. The minimum Gasteiger partial charge on any atom is -0.548 e. The lowest BCUT2D eigenvalue weighted by Gasteiger charge is -2.36. The second-order valence-electron chi connectivity index (χ2n) is 11.3. The Morgan fingerprint density at radius 2 is 1.85 bits per heavy atom. The van der Waals surface area contributed by atoms with Crippen molar-refractivity contribution in [3.63, 3.8) is 0 Å². The summed E-state index contributed by atoms with van der Waals surface area (Å²) in [5.74, 6) is -3.60. The molecule has 11 heteroatoms. The molecule has 3 rings (SSSR count). The van der Waals surface area contributed by atoms with Crippen molar-refractivity contribution in [2.75, 3.05) is 6.54 Å². The number of carbonyl (C=O) groups is 4. The smallest absolute Gasteiger partial charge is 0.258 e. The number of hydrazine groups is 1. The second-order valence-corrected chi connectivity index (χ2v) is 11.3. The predicted molar refractivity (Wildman–Crippen MR) is 151 cm³/mol. The van der Waals surface area contributed by atoms with E-state index in [2.05, 4.69) is 21.0 Å². The van der Waals surface area contributed by atoms with Gasteiger partial charge < -0.3 is 20.5 Å². The van der Waals surface area contributed by atoms with E-state index in [9.17, 15) is 24.3 Å². The summed E-state index contributed by atoms with van der Waals surface area (Å²) in [6.07, 6.45) is 4.60. The Balaban J connectivity index is 1.68. The predicted octanol–water partition coefficient (Wildman–Crippen LogP) is 1.87. The Morgan fingerprint density at radius 1 is 1.17 bits per heavy atom. The number of nitrogens with zero attached hydrogens (tertiary/aromatic N) is 2. The minimum absolute atomic E-state index is 0.267. The van der Waals surface area contributed by atoms with Crippen molar-refractivity contribution in [2.45, 2.75) is 78.9 Å². The van der Waals surface area contributed by atoms with Gasteiger partial charge in [-0.05, 0) is 52.0 Å². The van der Waals surface area contributed by atoms with Crippen LogP contribution in [0.1, 0.15) is 65.6 Å². The zero-order valence-corrected chi connectivity index (χ0v) is 24.4. The molecule has 2 aromatic rings. The first-order valence-electron chi connectivity index (χ1n) is 13.9. The van der Waals surface area contributed by atoms with Gasteiger partial charge in [-0.15, -0.1) is 0 Å². The van der Waals surface area contributed by atoms with Gasteiger partial charge >= 0.3 is 0 Å². The monoisotopic (exact) mass is 568 g/mol. The van der Waals surface area contributed by atoms with Gasteiger partial charge in [-0.25, -0.2) is 14.8 Å². The third-order valence-electron chi connectivity index (χ3n) is 7.22. The van der Waals surface area contributed by atoms with Crippen LogP contribution in [0.5, 0.6) is 0 Å². The molecule has 1 aliphatic rings. The normalized spacial score (nSPS) is 17.5. The Bertz CT molecular complexity index is 1340. The lowest BCUT2D eigenvalue weighted by Crippen LogP contribution is -2.62. The number of fused-ring (bicyclic) bond motifs is 1. The van der Waals surface area contributed by atoms with Crippen molar-refractivity contribution >= 4 is 40.7 Å². The zero-order chi connectivity index (χ0) is 30.5. The fourth-order valence-corrected chi connectivity index (χ4v) is 4.49. The van der Waals surface area contributed by atoms with Crippen LogP contribution in [0.15, 0.2) is 30.3 Å². The number of carbonyl (C=O) groups excluding carboxylic acids is 4. The van der Waals surface area contributed by atoms with Crippen LogP contribution in [0.2, 0.25) is 0 Å². The number of carboxylic acids is 1. The second kappa shape index (κ2) is 13.2. The van der Waals surface area contributed by atoms with Gasteiger partial charge in [0.25, 0.3) is 5.91 Å². The number of benzene rings is 1. The van der Waals surface area contributed by atoms with Crippen LogP contribution in [0, 0.1) is 17.2 Å². The van der Waals surface area contributed by atoms with E-state index in [1.165, 1.54) is 18.0 Å². The Labute approximate surface area is 239 Å². The van der Waals surface area contributed by atoms with Crippen LogP contribution in [-0.2, 0) is 25.6 Å². The van der Waals surface area contributed by atoms with Gasteiger partial charge in [0.2, 0.25) is 11.8 Å². The highest BCUT2D eigenvalue weighted by molar-refractivity contribution is 5.94. The van der Waals surface area contributed by atoms with Gasteiger partial charge in [0.15, 0.2) is 5.82 Å². The highest BCUT2D eigenvalue weighted by Crippen LogP contribution is 2.25. The molecule has 3 amide bonds.